The Morgan fingerprint density at radius 1 is 1.19 bits per heavy atom. The lowest BCUT2D eigenvalue weighted by Crippen LogP contribution is -2.47. The van der Waals surface area contributed by atoms with Crippen molar-refractivity contribution in [3.8, 4) is 5.75 Å². The van der Waals surface area contributed by atoms with Crippen molar-refractivity contribution in [1.29, 1.82) is 0 Å². The van der Waals surface area contributed by atoms with Crippen LogP contribution in [0.4, 0.5) is 0 Å². The number of nitrogens with one attached hydrogen (secondary N) is 2. The van der Waals surface area contributed by atoms with E-state index >= 15 is 0 Å². The molecule has 3 N–H and O–H groups in total. The first-order valence-corrected chi connectivity index (χ1v) is 11.7. The maximum Gasteiger partial charge on any atom is 0.273 e. The highest BCUT2D eigenvalue weighted by atomic mass is 16.5. The van der Waals surface area contributed by atoms with Crippen molar-refractivity contribution >= 4 is 11.8 Å². The Morgan fingerprint density at radius 2 is 2.00 bits per heavy atom. The third-order valence-electron chi connectivity index (χ3n) is 6.77. The predicted octanol–water partition coefficient (Wildman–Crippen LogP) is 1.60. The fraction of sp³-hybridized carbons (Fsp3) is 0.696. The Bertz CT molecular complexity index is 835. The summed E-state index contributed by atoms with van der Waals surface area (Å²) in [5, 5.41) is 14.4. The van der Waals surface area contributed by atoms with E-state index in [-0.39, 0.29) is 24.3 Å². The van der Waals surface area contributed by atoms with Crippen LogP contribution in [0.25, 0.3) is 0 Å². The van der Waals surface area contributed by atoms with Gasteiger partial charge in [0, 0.05) is 31.4 Å². The molecule has 2 atom stereocenters. The Labute approximate surface area is 182 Å². The Balaban J connectivity index is 1.23. The van der Waals surface area contributed by atoms with E-state index in [0.29, 0.717) is 55.3 Å². The number of rotatable bonds is 10. The second-order valence-corrected chi connectivity index (χ2v) is 9.63. The van der Waals surface area contributed by atoms with Crippen LogP contribution < -0.4 is 15.5 Å². The molecule has 1 saturated heterocycles. The molecule has 4 aliphatic rings. The highest BCUT2D eigenvalue weighted by Gasteiger charge is 2.38. The average Bonchev–Trinajstić information content (AvgIpc) is 3.61. The third kappa shape index (κ3) is 5.18. The minimum atomic E-state index is -0.391. The van der Waals surface area contributed by atoms with Gasteiger partial charge < -0.3 is 15.2 Å². The summed E-state index contributed by atoms with van der Waals surface area (Å²) in [7, 11) is 0. The van der Waals surface area contributed by atoms with Crippen LogP contribution in [0.15, 0.2) is 12.3 Å². The van der Waals surface area contributed by atoms with Gasteiger partial charge in [-0.2, -0.15) is 0 Å². The van der Waals surface area contributed by atoms with E-state index in [2.05, 4.69) is 15.7 Å². The van der Waals surface area contributed by atoms with Gasteiger partial charge >= 0.3 is 0 Å². The van der Waals surface area contributed by atoms with Crippen molar-refractivity contribution in [2.45, 2.75) is 57.0 Å². The first-order valence-electron chi connectivity index (χ1n) is 11.7. The van der Waals surface area contributed by atoms with Gasteiger partial charge in [-0.1, -0.05) is 0 Å². The van der Waals surface area contributed by atoms with E-state index < -0.39 is 6.10 Å². The quantitative estimate of drug-likeness (QED) is 0.523. The lowest BCUT2D eigenvalue weighted by atomic mass is 10.0. The number of aliphatic hydroxyl groups excluding tert-OH is 1. The number of carbonyl (C=O) groups excluding carboxylic acids is 2. The molecular formula is C23H32N4O4. The number of aliphatic hydroxyl groups is 1. The zero-order valence-corrected chi connectivity index (χ0v) is 17.9. The maximum absolute atomic E-state index is 13.0. The van der Waals surface area contributed by atoms with E-state index in [9.17, 15) is 14.7 Å². The van der Waals surface area contributed by atoms with Crippen molar-refractivity contribution in [1.82, 2.24) is 20.7 Å². The monoisotopic (exact) mass is 428 g/mol. The van der Waals surface area contributed by atoms with E-state index in [0.717, 1.165) is 31.2 Å². The molecular weight excluding hydrogens is 396 g/mol. The van der Waals surface area contributed by atoms with Crippen molar-refractivity contribution in [2.24, 2.45) is 17.8 Å². The number of hydrogen-bond donors (Lipinski definition) is 3. The molecule has 8 heteroatoms. The van der Waals surface area contributed by atoms with Gasteiger partial charge in [0.1, 0.15) is 0 Å². The lowest BCUT2D eigenvalue weighted by Gasteiger charge is -2.22. The van der Waals surface area contributed by atoms with Crippen LogP contribution in [0.1, 0.15) is 66.9 Å². The summed E-state index contributed by atoms with van der Waals surface area (Å²) in [6, 6.07) is 1.97. The number of amides is 2. The van der Waals surface area contributed by atoms with Crippen molar-refractivity contribution in [3.63, 3.8) is 0 Å². The van der Waals surface area contributed by atoms with Gasteiger partial charge in [0.05, 0.1) is 18.6 Å². The zero-order valence-electron chi connectivity index (χ0n) is 17.9. The van der Waals surface area contributed by atoms with Crippen LogP contribution in [0.5, 0.6) is 5.75 Å². The largest absolute Gasteiger partial charge is 0.491 e. The van der Waals surface area contributed by atoms with E-state index in [1.54, 1.807) is 11.2 Å². The first-order chi connectivity index (χ1) is 15.1. The molecule has 31 heavy (non-hydrogen) atoms. The van der Waals surface area contributed by atoms with Gasteiger partial charge in [0.2, 0.25) is 5.91 Å². The molecule has 1 aromatic rings. The number of ether oxygens (including phenoxy) is 1. The van der Waals surface area contributed by atoms with Gasteiger partial charge in [-0.3, -0.25) is 15.0 Å². The van der Waals surface area contributed by atoms with E-state index in [1.165, 1.54) is 12.8 Å². The van der Waals surface area contributed by atoms with Gasteiger partial charge in [-0.15, -0.1) is 0 Å². The summed E-state index contributed by atoms with van der Waals surface area (Å²) in [6.45, 7) is 2.02. The summed E-state index contributed by atoms with van der Waals surface area (Å²) in [6.07, 6.45) is 8.59. The maximum atomic E-state index is 13.0. The normalized spacial score (nSPS) is 24.6. The Morgan fingerprint density at radius 3 is 2.65 bits per heavy atom. The Kier molecular flexibility index (Phi) is 5.84. The number of carbonyl (C=O) groups is 2. The third-order valence-corrected chi connectivity index (χ3v) is 6.77. The second-order valence-electron chi connectivity index (χ2n) is 9.63. The number of nitrogens with zero attached hydrogens (tertiary/aromatic N) is 2. The average molecular weight is 429 g/mol. The van der Waals surface area contributed by atoms with Gasteiger partial charge in [-0.05, 0) is 68.8 Å². The molecule has 1 aromatic heterocycles. The second kappa shape index (κ2) is 8.74. The first kappa shape index (κ1) is 20.7. The molecule has 0 radical (unpaired) electrons. The SMILES string of the molecule is O=C(NC[C@@H](C(=O)NN1CCC(O)C1)C1CC1)c1nccc(C2CC2)c1OCC1CC1. The summed E-state index contributed by atoms with van der Waals surface area (Å²) in [5.74, 6) is 1.35. The van der Waals surface area contributed by atoms with E-state index in [4.69, 9.17) is 4.74 Å². The minimum Gasteiger partial charge on any atom is -0.491 e. The summed E-state index contributed by atoms with van der Waals surface area (Å²) < 4.78 is 6.09. The smallest absolute Gasteiger partial charge is 0.273 e. The number of β-amino-alcohol motifs (C(OH)–C–C–N with tert-alkyl or cyclic N) is 1. The fourth-order valence-corrected chi connectivity index (χ4v) is 4.32. The molecule has 4 fully saturated rings. The predicted molar refractivity (Wildman–Crippen MR) is 113 cm³/mol. The standard InChI is InChI=1S/C23H32N4O4/c28-17-8-10-27(12-17)26-22(29)19(16-5-6-16)11-25-23(30)20-21(31-13-14-1-2-14)18(7-9-24-20)15-3-4-15/h7,9,14-17,19,28H,1-6,8,10-13H2,(H,25,30)(H,26,29)/t17?,19-/m1/s1. The molecule has 0 aromatic carbocycles. The molecule has 3 aliphatic carbocycles. The van der Waals surface area contributed by atoms with Crippen LogP contribution in [0.2, 0.25) is 0 Å². The molecule has 1 aliphatic heterocycles. The van der Waals surface area contributed by atoms with Crippen LogP contribution in [0.3, 0.4) is 0 Å². The number of aromatic nitrogens is 1. The Hall–Kier alpha value is -2.19. The highest BCUT2D eigenvalue weighted by molar-refractivity contribution is 5.95. The number of hydrazine groups is 1. The summed E-state index contributed by atoms with van der Waals surface area (Å²) >= 11 is 0. The molecule has 5 rings (SSSR count). The number of pyridine rings is 1. The fourth-order valence-electron chi connectivity index (χ4n) is 4.32. The molecule has 0 spiro atoms. The zero-order chi connectivity index (χ0) is 21.4. The molecule has 1 unspecified atom stereocenters. The summed E-state index contributed by atoms with van der Waals surface area (Å²) in [4.78, 5) is 30.2. The van der Waals surface area contributed by atoms with Crippen molar-refractivity contribution in [2.75, 3.05) is 26.2 Å². The highest BCUT2D eigenvalue weighted by Crippen LogP contribution is 2.45. The van der Waals surface area contributed by atoms with Crippen LogP contribution in [0, 0.1) is 17.8 Å². The lowest BCUT2D eigenvalue weighted by molar-refractivity contribution is -0.130. The number of hydrogen-bond acceptors (Lipinski definition) is 6. The van der Waals surface area contributed by atoms with Gasteiger partial charge in [-0.25, -0.2) is 9.99 Å². The molecule has 3 saturated carbocycles. The van der Waals surface area contributed by atoms with Crippen LogP contribution >= 0.6 is 0 Å². The van der Waals surface area contributed by atoms with E-state index in [1.807, 2.05) is 6.07 Å². The summed E-state index contributed by atoms with van der Waals surface area (Å²) in [5.41, 5.74) is 4.34. The molecule has 8 nitrogen and oxygen atoms in total. The minimum absolute atomic E-state index is 0.0817. The van der Waals surface area contributed by atoms with Crippen molar-refractivity contribution < 1.29 is 19.4 Å². The van der Waals surface area contributed by atoms with Crippen molar-refractivity contribution in [3.05, 3.63) is 23.5 Å². The molecule has 0 bridgehead atoms. The van der Waals surface area contributed by atoms with Gasteiger partial charge in [0.25, 0.3) is 5.91 Å². The van der Waals surface area contributed by atoms with Crippen LogP contribution in [-0.2, 0) is 4.79 Å². The molecule has 2 amide bonds. The molecule has 2 heterocycles. The van der Waals surface area contributed by atoms with Crippen LogP contribution in [-0.4, -0.2) is 59.3 Å². The van der Waals surface area contributed by atoms with Gasteiger partial charge in [0.15, 0.2) is 11.4 Å². The topological polar surface area (TPSA) is 104 Å². The molecule has 168 valence electrons.